The van der Waals surface area contributed by atoms with Crippen LogP contribution < -0.4 is 0 Å². The number of carbonyl (C=O) groups excluding carboxylic acids is 1. The number of thioether (sulfide) groups is 1. The molecule has 30 heavy (non-hydrogen) atoms. The number of benzene rings is 3. The van der Waals surface area contributed by atoms with Crippen LogP contribution in [-0.2, 0) is 9.59 Å². The highest BCUT2D eigenvalue weighted by atomic mass is 32.2. The number of aliphatic carboxylic acids is 1. The first-order chi connectivity index (χ1) is 14.5. The Balaban J connectivity index is 1.62. The number of carboxylic acid groups (broad SMARTS) is 1. The van der Waals surface area contributed by atoms with E-state index in [0.29, 0.717) is 22.2 Å². The van der Waals surface area contributed by atoms with Crippen LogP contribution in [0.2, 0.25) is 0 Å². The third-order valence-corrected chi connectivity index (χ3v) is 6.61. The van der Waals surface area contributed by atoms with Gasteiger partial charge >= 0.3 is 5.97 Å². The number of unbranched alkanes of at least 4 members (excludes halogenated alkanes) is 2. The van der Waals surface area contributed by atoms with Gasteiger partial charge in [0.15, 0.2) is 0 Å². The number of fused-ring (bicyclic) bond motifs is 2. The molecule has 1 N–H and O–H groups in total. The van der Waals surface area contributed by atoms with Crippen LogP contribution in [-0.4, -0.2) is 32.7 Å². The molecule has 1 fully saturated rings. The lowest BCUT2D eigenvalue weighted by Gasteiger charge is -2.14. The Morgan fingerprint density at radius 3 is 2.27 bits per heavy atom. The number of hydrogen-bond acceptors (Lipinski definition) is 4. The van der Waals surface area contributed by atoms with E-state index in [1.807, 2.05) is 30.3 Å². The highest BCUT2D eigenvalue weighted by Gasteiger charge is 2.31. The molecule has 1 aliphatic heterocycles. The zero-order valence-electron chi connectivity index (χ0n) is 16.3. The fraction of sp³-hybridized carbons (Fsp3) is 0.208. The SMILES string of the molecule is O=C(O)CCCCCN1C(=O)C(=Cc2c3ccccc3cc3ccccc23)SC1=S. The van der Waals surface area contributed by atoms with Crippen LogP contribution in [0.3, 0.4) is 0 Å². The van der Waals surface area contributed by atoms with Gasteiger partial charge in [0.25, 0.3) is 5.91 Å². The van der Waals surface area contributed by atoms with Crippen LogP contribution in [0.25, 0.3) is 27.6 Å². The van der Waals surface area contributed by atoms with Crippen molar-refractivity contribution in [1.82, 2.24) is 4.90 Å². The lowest BCUT2D eigenvalue weighted by atomic mass is 9.96. The fourth-order valence-corrected chi connectivity index (χ4v) is 5.04. The van der Waals surface area contributed by atoms with Crippen LogP contribution in [0.4, 0.5) is 0 Å². The Bertz CT molecular complexity index is 1130. The number of carboxylic acids is 1. The van der Waals surface area contributed by atoms with E-state index in [1.54, 1.807) is 4.90 Å². The number of hydrogen-bond donors (Lipinski definition) is 1. The van der Waals surface area contributed by atoms with Crippen molar-refractivity contribution in [2.24, 2.45) is 0 Å². The van der Waals surface area contributed by atoms with Gasteiger partial charge in [-0.2, -0.15) is 0 Å². The minimum atomic E-state index is -0.786. The third-order valence-electron chi connectivity index (χ3n) is 5.23. The highest BCUT2D eigenvalue weighted by Crippen LogP contribution is 2.36. The maximum absolute atomic E-state index is 13.0. The van der Waals surface area contributed by atoms with Gasteiger partial charge in [-0.25, -0.2) is 0 Å². The summed E-state index contributed by atoms with van der Waals surface area (Å²) in [4.78, 5) is 25.9. The van der Waals surface area contributed by atoms with Crippen molar-refractivity contribution in [3.8, 4) is 0 Å². The fourth-order valence-electron chi connectivity index (χ4n) is 3.75. The normalized spacial score (nSPS) is 15.6. The molecular weight excluding hydrogens is 414 g/mol. The van der Waals surface area contributed by atoms with Crippen LogP contribution in [0.15, 0.2) is 59.5 Å². The molecule has 0 bridgehead atoms. The summed E-state index contributed by atoms with van der Waals surface area (Å²) < 4.78 is 0.564. The van der Waals surface area contributed by atoms with Crippen molar-refractivity contribution in [2.75, 3.05) is 6.54 Å². The van der Waals surface area contributed by atoms with Gasteiger partial charge in [-0.15, -0.1) is 0 Å². The first-order valence-electron chi connectivity index (χ1n) is 9.92. The van der Waals surface area contributed by atoms with E-state index in [2.05, 4.69) is 30.3 Å². The van der Waals surface area contributed by atoms with Crippen molar-refractivity contribution < 1.29 is 14.7 Å². The van der Waals surface area contributed by atoms with Crippen molar-refractivity contribution in [1.29, 1.82) is 0 Å². The number of rotatable bonds is 7. The van der Waals surface area contributed by atoms with E-state index in [9.17, 15) is 9.59 Å². The first-order valence-corrected chi connectivity index (χ1v) is 11.1. The molecule has 4 rings (SSSR count). The first kappa shape index (κ1) is 20.6. The third kappa shape index (κ3) is 4.25. The quantitative estimate of drug-likeness (QED) is 0.219. The topological polar surface area (TPSA) is 57.6 Å². The van der Waals surface area contributed by atoms with E-state index in [1.165, 1.54) is 11.8 Å². The maximum Gasteiger partial charge on any atom is 0.303 e. The molecule has 1 saturated heterocycles. The van der Waals surface area contributed by atoms with Gasteiger partial charge in [-0.05, 0) is 52.1 Å². The molecule has 0 radical (unpaired) electrons. The van der Waals surface area contributed by atoms with E-state index in [4.69, 9.17) is 17.3 Å². The maximum atomic E-state index is 13.0. The van der Waals surface area contributed by atoms with Gasteiger partial charge in [0.1, 0.15) is 4.32 Å². The van der Waals surface area contributed by atoms with Crippen molar-refractivity contribution >= 4 is 67.8 Å². The minimum Gasteiger partial charge on any atom is -0.481 e. The van der Waals surface area contributed by atoms with Crippen molar-refractivity contribution in [3.63, 3.8) is 0 Å². The molecule has 6 heteroatoms. The van der Waals surface area contributed by atoms with Crippen molar-refractivity contribution in [2.45, 2.75) is 25.7 Å². The molecule has 1 heterocycles. The predicted molar refractivity (Wildman–Crippen MR) is 127 cm³/mol. The Hall–Kier alpha value is -2.70. The van der Waals surface area contributed by atoms with Gasteiger partial charge in [0, 0.05) is 13.0 Å². The largest absolute Gasteiger partial charge is 0.481 e. The monoisotopic (exact) mass is 435 g/mol. The van der Waals surface area contributed by atoms with E-state index < -0.39 is 5.97 Å². The number of carbonyl (C=O) groups is 2. The van der Waals surface area contributed by atoms with Crippen LogP contribution in [0.1, 0.15) is 31.2 Å². The van der Waals surface area contributed by atoms with E-state index in [0.717, 1.165) is 39.9 Å². The molecule has 4 nitrogen and oxygen atoms in total. The second-order valence-electron chi connectivity index (χ2n) is 7.27. The Morgan fingerprint density at radius 1 is 1.00 bits per heavy atom. The van der Waals surface area contributed by atoms with Crippen LogP contribution in [0.5, 0.6) is 0 Å². The molecule has 3 aromatic rings. The van der Waals surface area contributed by atoms with Gasteiger partial charge in [-0.3, -0.25) is 14.5 Å². The van der Waals surface area contributed by atoms with Gasteiger partial charge in [0.2, 0.25) is 0 Å². The van der Waals surface area contributed by atoms with Crippen LogP contribution in [0, 0.1) is 0 Å². The molecular formula is C24H21NO3S2. The number of amides is 1. The molecule has 1 amide bonds. The number of nitrogens with zero attached hydrogens (tertiary/aromatic N) is 1. The standard InChI is InChI=1S/C24H21NO3S2/c26-22(27)12-2-1-7-13-25-23(28)21(30-24(25)29)15-20-18-10-5-3-8-16(18)14-17-9-4-6-11-19(17)20/h3-6,8-11,14-15H,1-2,7,12-13H2,(H,26,27). The highest BCUT2D eigenvalue weighted by molar-refractivity contribution is 8.26. The molecule has 0 aromatic heterocycles. The van der Waals surface area contributed by atoms with Gasteiger partial charge in [0.05, 0.1) is 4.91 Å². The molecule has 152 valence electrons. The summed E-state index contributed by atoms with van der Waals surface area (Å²) in [5.41, 5.74) is 1.03. The number of thiocarbonyl (C=S) groups is 1. The second-order valence-corrected chi connectivity index (χ2v) is 8.95. The van der Waals surface area contributed by atoms with E-state index >= 15 is 0 Å². The molecule has 0 saturated carbocycles. The summed E-state index contributed by atoms with van der Waals surface area (Å²) in [6.45, 7) is 0.526. The van der Waals surface area contributed by atoms with Gasteiger partial charge in [-0.1, -0.05) is 78.9 Å². The Morgan fingerprint density at radius 2 is 1.63 bits per heavy atom. The molecule has 3 aromatic carbocycles. The summed E-state index contributed by atoms with van der Waals surface area (Å²) in [6.07, 6.45) is 4.24. The lowest BCUT2D eigenvalue weighted by Crippen LogP contribution is -2.29. The molecule has 1 aliphatic rings. The zero-order valence-corrected chi connectivity index (χ0v) is 18.0. The van der Waals surface area contributed by atoms with E-state index in [-0.39, 0.29) is 12.3 Å². The lowest BCUT2D eigenvalue weighted by molar-refractivity contribution is -0.137. The minimum absolute atomic E-state index is 0.0692. The summed E-state index contributed by atoms with van der Waals surface area (Å²) in [5, 5.41) is 13.2. The summed E-state index contributed by atoms with van der Waals surface area (Å²) in [5.74, 6) is -0.855. The Labute approximate surface area is 184 Å². The predicted octanol–water partition coefficient (Wildman–Crippen LogP) is 5.84. The summed E-state index contributed by atoms with van der Waals surface area (Å²) >= 11 is 6.79. The van der Waals surface area contributed by atoms with Crippen molar-refractivity contribution in [3.05, 3.63) is 65.1 Å². The molecule has 0 atom stereocenters. The second kappa shape index (κ2) is 8.98. The smallest absolute Gasteiger partial charge is 0.303 e. The average Bonchev–Trinajstić information content (AvgIpc) is 3.00. The summed E-state index contributed by atoms with van der Waals surface area (Å²) in [7, 11) is 0. The average molecular weight is 436 g/mol. The molecule has 0 aliphatic carbocycles. The van der Waals surface area contributed by atoms with Gasteiger partial charge < -0.3 is 5.11 Å². The zero-order chi connectivity index (χ0) is 21.1. The molecule has 0 spiro atoms. The summed E-state index contributed by atoms with van der Waals surface area (Å²) in [6, 6.07) is 18.6. The molecule has 0 unspecified atom stereocenters. The van der Waals surface area contributed by atoms with Crippen LogP contribution >= 0.6 is 24.0 Å². The Kier molecular flexibility index (Phi) is 6.16.